The highest BCUT2D eigenvalue weighted by Gasteiger charge is 2.27. The summed E-state index contributed by atoms with van der Waals surface area (Å²) in [6.45, 7) is 1.68. The minimum atomic E-state index is -3.40. The van der Waals surface area contributed by atoms with Gasteiger partial charge in [0.2, 0.25) is 0 Å². The lowest BCUT2D eigenvalue weighted by molar-refractivity contribution is -0.132. The Bertz CT molecular complexity index is 513. The van der Waals surface area contributed by atoms with E-state index in [-0.39, 0.29) is 11.7 Å². The van der Waals surface area contributed by atoms with Gasteiger partial charge in [-0.2, -0.15) is 0 Å². The molecule has 0 atom stereocenters. The van der Waals surface area contributed by atoms with Crippen molar-refractivity contribution in [1.29, 1.82) is 0 Å². The summed E-state index contributed by atoms with van der Waals surface area (Å²) in [5.74, 6) is -1.13. The Morgan fingerprint density at radius 1 is 1.21 bits per heavy atom. The molecule has 1 aromatic carbocycles. The number of hydrogen-bond acceptors (Lipinski definition) is 4. The van der Waals surface area contributed by atoms with Crippen molar-refractivity contribution in [2.45, 2.75) is 6.92 Å². The maximum absolute atomic E-state index is 12.1. The topological polar surface area (TPSA) is 72.8 Å². The van der Waals surface area contributed by atoms with Crippen molar-refractivity contribution in [3.8, 4) is 0 Å². The SMILES string of the molecule is COP(=O)(CC(C(=O)O)=C(C)c1ccccc1)OC. The van der Waals surface area contributed by atoms with Gasteiger partial charge in [-0.15, -0.1) is 0 Å². The molecule has 0 bridgehead atoms. The van der Waals surface area contributed by atoms with Gasteiger partial charge in [-0.3, -0.25) is 4.57 Å². The van der Waals surface area contributed by atoms with Gasteiger partial charge in [0.25, 0.3) is 0 Å². The van der Waals surface area contributed by atoms with Crippen LogP contribution >= 0.6 is 7.60 Å². The largest absolute Gasteiger partial charge is 0.478 e. The quantitative estimate of drug-likeness (QED) is 0.642. The van der Waals surface area contributed by atoms with Crippen LogP contribution in [0.4, 0.5) is 0 Å². The van der Waals surface area contributed by atoms with Gasteiger partial charge in [0, 0.05) is 14.2 Å². The predicted molar refractivity (Wildman–Crippen MR) is 73.2 cm³/mol. The van der Waals surface area contributed by atoms with E-state index in [1.807, 2.05) is 18.2 Å². The Hall–Kier alpha value is -1.42. The van der Waals surface area contributed by atoms with Crippen molar-refractivity contribution in [2.75, 3.05) is 20.4 Å². The van der Waals surface area contributed by atoms with Crippen LogP contribution in [-0.2, 0) is 18.4 Å². The van der Waals surface area contributed by atoms with Gasteiger partial charge in [-0.1, -0.05) is 30.3 Å². The van der Waals surface area contributed by atoms with Gasteiger partial charge in [0.05, 0.1) is 11.7 Å². The summed E-state index contributed by atoms with van der Waals surface area (Å²) < 4.78 is 21.6. The van der Waals surface area contributed by atoms with Gasteiger partial charge < -0.3 is 14.2 Å². The first kappa shape index (κ1) is 15.6. The maximum Gasteiger partial charge on any atom is 0.334 e. The van der Waals surface area contributed by atoms with Crippen LogP contribution < -0.4 is 0 Å². The molecule has 0 saturated carbocycles. The second-order valence-corrected chi connectivity index (χ2v) is 6.18. The first-order valence-corrected chi connectivity index (χ1v) is 7.35. The Balaban J connectivity index is 3.21. The molecule has 6 heteroatoms. The lowest BCUT2D eigenvalue weighted by Crippen LogP contribution is -2.10. The van der Waals surface area contributed by atoms with Crippen molar-refractivity contribution in [1.82, 2.24) is 0 Å². The maximum atomic E-state index is 12.1. The van der Waals surface area contributed by atoms with E-state index in [2.05, 4.69) is 0 Å². The summed E-state index contributed by atoms with van der Waals surface area (Å²) >= 11 is 0. The Labute approximate surface area is 112 Å². The Morgan fingerprint density at radius 2 is 1.74 bits per heavy atom. The van der Waals surface area contributed by atoms with Crippen molar-refractivity contribution in [2.24, 2.45) is 0 Å². The molecule has 1 rings (SSSR count). The van der Waals surface area contributed by atoms with Crippen LogP contribution in [-0.4, -0.2) is 31.5 Å². The molecule has 0 spiro atoms. The van der Waals surface area contributed by atoms with Crippen LogP contribution in [0.25, 0.3) is 5.57 Å². The van der Waals surface area contributed by atoms with Crippen LogP contribution in [0.1, 0.15) is 12.5 Å². The number of carboxylic acid groups (broad SMARTS) is 1. The molecule has 0 aliphatic rings. The molecular weight excluding hydrogens is 267 g/mol. The fourth-order valence-corrected chi connectivity index (χ4v) is 2.77. The number of hydrogen-bond donors (Lipinski definition) is 1. The number of aliphatic carboxylic acids is 1. The number of carbonyl (C=O) groups is 1. The molecule has 0 heterocycles. The molecule has 0 aliphatic carbocycles. The average Bonchev–Trinajstić information content (AvgIpc) is 2.44. The van der Waals surface area contributed by atoms with E-state index >= 15 is 0 Å². The molecule has 19 heavy (non-hydrogen) atoms. The minimum absolute atomic E-state index is 0.0261. The fourth-order valence-electron chi connectivity index (χ4n) is 1.61. The smallest absolute Gasteiger partial charge is 0.334 e. The first-order valence-electron chi connectivity index (χ1n) is 5.62. The van der Waals surface area contributed by atoms with Gasteiger partial charge >= 0.3 is 13.6 Å². The standard InChI is InChI=1S/C13H17O5P/c1-10(11-7-5-4-6-8-11)12(13(14)15)9-19(16,17-2)18-3/h4-8H,9H2,1-3H3,(H,14,15). The van der Waals surface area contributed by atoms with E-state index < -0.39 is 13.6 Å². The monoisotopic (exact) mass is 284 g/mol. The Kier molecular flexibility index (Phi) is 5.48. The zero-order valence-corrected chi connectivity index (χ0v) is 12.0. The molecule has 0 amide bonds. The van der Waals surface area contributed by atoms with Crippen molar-refractivity contribution in [3.63, 3.8) is 0 Å². The lowest BCUT2D eigenvalue weighted by Gasteiger charge is -2.15. The average molecular weight is 284 g/mol. The van der Waals surface area contributed by atoms with Gasteiger partial charge in [0.1, 0.15) is 0 Å². The highest BCUT2D eigenvalue weighted by Crippen LogP contribution is 2.48. The lowest BCUT2D eigenvalue weighted by atomic mass is 10.0. The normalized spacial score (nSPS) is 13.0. The van der Waals surface area contributed by atoms with Crippen LogP contribution in [0.2, 0.25) is 0 Å². The highest BCUT2D eigenvalue weighted by atomic mass is 31.2. The summed E-state index contributed by atoms with van der Waals surface area (Å²) in [5, 5.41) is 9.27. The van der Waals surface area contributed by atoms with Crippen LogP contribution in [0.15, 0.2) is 35.9 Å². The Morgan fingerprint density at radius 3 is 2.16 bits per heavy atom. The number of allylic oxidation sites excluding steroid dienone is 1. The predicted octanol–water partition coefficient (Wildman–Crippen LogP) is 3.03. The number of benzene rings is 1. The molecule has 0 aliphatic heterocycles. The molecule has 104 valence electrons. The zero-order chi connectivity index (χ0) is 14.5. The number of rotatable bonds is 6. The van der Waals surface area contributed by atoms with Crippen molar-refractivity contribution >= 4 is 19.1 Å². The third-order valence-corrected chi connectivity index (χ3v) is 4.64. The summed E-state index contributed by atoms with van der Waals surface area (Å²) in [7, 11) is -0.929. The molecule has 0 radical (unpaired) electrons. The van der Waals surface area contributed by atoms with E-state index in [0.29, 0.717) is 5.57 Å². The van der Waals surface area contributed by atoms with Gasteiger partial charge in [-0.25, -0.2) is 4.79 Å². The van der Waals surface area contributed by atoms with E-state index in [9.17, 15) is 14.5 Å². The van der Waals surface area contributed by atoms with E-state index in [1.54, 1.807) is 19.1 Å². The first-order chi connectivity index (χ1) is 8.93. The highest BCUT2D eigenvalue weighted by molar-refractivity contribution is 7.54. The van der Waals surface area contributed by atoms with E-state index in [4.69, 9.17) is 9.05 Å². The van der Waals surface area contributed by atoms with Crippen LogP contribution in [0.5, 0.6) is 0 Å². The molecule has 1 N–H and O–H groups in total. The second-order valence-electron chi connectivity index (χ2n) is 3.91. The van der Waals surface area contributed by atoms with Crippen molar-refractivity contribution in [3.05, 3.63) is 41.5 Å². The molecule has 1 aromatic rings. The summed E-state index contributed by atoms with van der Waals surface area (Å²) in [6.07, 6.45) is -0.268. The third-order valence-electron chi connectivity index (χ3n) is 2.83. The molecule has 0 saturated heterocycles. The molecule has 0 fully saturated rings. The molecule has 5 nitrogen and oxygen atoms in total. The second kappa shape index (κ2) is 6.66. The van der Waals surface area contributed by atoms with Crippen LogP contribution in [0, 0.1) is 0 Å². The third kappa shape index (κ3) is 4.03. The van der Waals surface area contributed by atoms with E-state index in [1.165, 1.54) is 14.2 Å². The number of carboxylic acids is 1. The van der Waals surface area contributed by atoms with Crippen molar-refractivity contribution < 1.29 is 23.5 Å². The van der Waals surface area contributed by atoms with Gasteiger partial charge in [0.15, 0.2) is 0 Å². The molecule has 0 unspecified atom stereocenters. The summed E-state index contributed by atoms with van der Waals surface area (Å²) in [4.78, 5) is 11.3. The summed E-state index contributed by atoms with van der Waals surface area (Å²) in [6, 6.07) is 9.05. The van der Waals surface area contributed by atoms with Crippen LogP contribution in [0.3, 0.4) is 0 Å². The molecule has 0 aromatic heterocycles. The fraction of sp³-hybridized carbons (Fsp3) is 0.308. The minimum Gasteiger partial charge on any atom is -0.478 e. The van der Waals surface area contributed by atoms with E-state index in [0.717, 1.165) is 5.56 Å². The summed E-state index contributed by atoms with van der Waals surface area (Å²) in [5.41, 5.74) is 1.33. The van der Waals surface area contributed by atoms with Gasteiger partial charge in [-0.05, 0) is 18.1 Å². The molecular formula is C13H17O5P. The zero-order valence-electron chi connectivity index (χ0n) is 11.1.